The van der Waals surface area contributed by atoms with Crippen LogP contribution in [0, 0.1) is 16.7 Å². The van der Waals surface area contributed by atoms with Crippen LogP contribution < -0.4 is 26.0 Å². The molecule has 2 heterocycles. The van der Waals surface area contributed by atoms with Gasteiger partial charge in [0.05, 0.1) is 50.6 Å². The second-order valence-electron chi connectivity index (χ2n) is 17.7. The molecule has 0 bridgehead atoms. The van der Waals surface area contributed by atoms with Crippen molar-refractivity contribution < 1.29 is 33.8 Å². The molecule has 3 aromatic carbocycles. The standard InChI is InChI=1S/C48H62N6O7/c1-47(2,3)43(39-29-50-45(58)54(39)30-35-17-11-12-19-41(35)60-6)44(57)53-38(26-32-15-9-8-10-16-32)40(55)27-36(52-42(56)28-48(4,5)31-51-46(59)61-7)25-33-20-22-34(23-21-33)37-18-13-14-24-49-37/h8-24,36,38-40,43,55H,25-31H2,1-7H3,(H,50,58)(H,51,59)(H,52,56)(H,53,57). The Kier molecular flexibility index (Phi) is 15.9. The normalized spacial score (nSPS) is 16.1. The predicted molar refractivity (Wildman–Crippen MR) is 235 cm³/mol. The SMILES string of the molecule is COC(=O)NCC(C)(C)CC(=O)NC(Cc1ccc(-c2ccccn2)cc1)CC(O)C(Cc1ccccc1)NC(=O)C(C1CNC(=O)N1Cc1ccccc1OC)C(C)(C)C. The van der Waals surface area contributed by atoms with E-state index in [0.29, 0.717) is 18.6 Å². The van der Waals surface area contributed by atoms with Gasteiger partial charge in [-0.25, -0.2) is 9.59 Å². The zero-order chi connectivity index (χ0) is 44.2. The Hall–Kier alpha value is -5.95. The van der Waals surface area contributed by atoms with Gasteiger partial charge in [0.25, 0.3) is 0 Å². The molecule has 0 aliphatic carbocycles. The first kappa shape index (κ1) is 46.1. The lowest BCUT2D eigenvalue weighted by Gasteiger charge is -2.39. The third kappa shape index (κ3) is 13.3. The summed E-state index contributed by atoms with van der Waals surface area (Å²) in [6.45, 7) is 10.4. The number of amides is 5. The Balaban J connectivity index is 1.41. The topological polar surface area (TPSA) is 171 Å². The maximum absolute atomic E-state index is 14.8. The molecule has 0 saturated carbocycles. The minimum Gasteiger partial charge on any atom is -0.496 e. The molecule has 1 fully saturated rings. The summed E-state index contributed by atoms with van der Waals surface area (Å²) < 4.78 is 10.3. The van der Waals surface area contributed by atoms with E-state index in [-0.39, 0.29) is 50.3 Å². The number of carbonyl (C=O) groups excluding carboxylic acids is 4. The third-order valence-corrected chi connectivity index (χ3v) is 11.2. The summed E-state index contributed by atoms with van der Waals surface area (Å²) in [5.41, 5.74) is 3.27. The Bertz CT molecular complexity index is 2060. The van der Waals surface area contributed by atoms with Gasteiger partial charge in [0.1, 0.15) is 5.75 Å². The van der Waals surface area contributed by atoms with Crippen molar-refractivity contribution in [1.29, 1.82) is 0 Å². The highest BCUT2D eigenvalue weighted by Crippen LogP contribution is 2.35. The number of ether oxygens (including phenoxy) is 2. The van der Waals surface area contributed by atoms with Gasteiger partial charge in [-0.2, -0.15) is 0 Å². The van der Waals surface area contributed by atoms with Crippen molar-refractivity contribution >= 4 is 23.9 Å². The van der Waals surface area contributed by atoms with Crippen LogP contribution in [0.25, 0.3) is 11.3 Å². The van der Waals surface area contributed by atoms with E-state index < -0.39 is 47.1 Å². The second-order valence-corrected chi connectivity index (χ2v) is 17.7. The fourth-order valence-corrected chi connectivity index (χ4v) is 8.07. The smallest absolute Gasteiger partial charge is 0.406 e. The van der Waals surface area contributed by atoms with Crippen LogP contribution in [-0.2, 0) is 33.7 Å². The van der Waals surface area contributed by atoms with Gasteiger partial charge in [0.15, 0.2) is 0 Å². The lowest BCUT2D eigenvalue weighted by atomic mass is 9.75. The second kappa shape index (κ2) is 21.0. The van der Waals surface area contributed by atoms with Gasteiger partial charge in [-0.3, -0.25) is 14.6 Å². The Morgan fingerprint density at radius 3 is 2.20 bits per heavy atom. The molecule has 1 saturated heterocycles. The van der Waals surface area contributed by atoms with Gasteiger partial charge >= 0.3 is 12.1 Å². The van der Waals surface area contributed by atoms with Gasteiger partial charge in [0, 0.05) is 42.9 Å². The van der Waals surface area contributed by atoms with E-state index in [4.69, 9.17) is 9.47 Å². The van der Waals surface area contributed by atoms with E-state index in [2.05, 4.69) is 26.3 Å². The Morgan fingerprint density at radius 2 is 1.54 bits per heavy atom. The predicted octanol–water partition coefficient (Wildman–Crippen LogP) is 6.29. The molecular weight excluding hydrogens is 773 g/mol. The van der Waals surface area contributed by atoms with Crippen LogP contribution in [0.4, 0.5) is 9.59 Å². The Morgan fingerprint density at radius 1 is 0.869 bits per heavy atom. The zero-order valence-corrected chi connectivity index (χ0v) is 36.4. The highest BCUT2D eigenvalue weighted by Gasteiger charge is 2.46. The molecule has 1 aliphatic rings. The van der Waals surface area contributed by atoms with Crippen molar-refractivity contribution in [2.45, 2.75) is 91.1 Å². The van der Waals surface area contributed by atoms with Crippen molar-refractivity contribution in [1.82, 2.24) is 31.2 Å². The van der Waals surface area contributed by atoms with E-state index in [1.807, 2.05) is 132 Å². The highest BCUT2D eigenvalue weighted by atomic mass is 16.5. The van der Waals surface area contributed by atoms with Crippen LogP contribution in [0.5, 0.6) is 5.75 Å². The fourth-order valence-electron chi connectivity index (χ4n) is 8.07. The number of rotatable bonds is 19. The van der Waals surface area contributed by atoms with E-state index >= 15 is 0 Å². The molecule has 1 aromatic heterocycles. The summed E-state index contributed by atoms with van der Waals surface area (Å²) >= 11 is 0. The van der Waals surface area contributed by atoms with Crippen molar-refractivity contribution in [3.8, 4) is 17.0 Å². The maximum atomic E-state index is 14.8. The monoisotopic (exact) mass is 834 g/mol. The number of pyridine rings is 1. The zero-order valence-electron chi connectivity index (χ0n) is 36.4. The number of urea groups is 1. The third-order valence-electron chi connectivity index (χ3n) is 11.2. The molecule has 326 valence electrons. The molecule has 5 atom stereocenters. The molecule has 13 nitrogen and oxygen atoms in total. The van der Waals surface area contributed by atoms with Crippen molar-refractivity contribution in [3.05, 3.63) is 120 Å². The molecule has 0 radical (unpaired) electrons. The number of benzene rings is 3. The molecule has 5 unspecified atom stereocenters. The number of methoxy groups -OCH3 is 2. The minimum atomic E-state index is -1.09. The van der Waals surface area contributed by atoms with Gasteiger partial charge < -0.3 is 40.7 Å². The van der Waals surface area contributed by atoms with E-state index in [1.165, 1.54) is 7.11 Å². The number of aliphatic hydroxyl groups is 1. The van der Waals surface area contributed by atoms with Crippen molar-refractivity contribution in [2.24, 2.45) is 16.7 Å². The van der Waals surface area contributed by atoms with E-state index in [1.54, 1.807) is 18.2 Å². The lowest BCUT2D eigenvalue weighted by molar-refractivity contribution is -0.132. The first-order chi connectivity index (χ1) is 29.1. The van der Waals surface area contributed by atoms with E-state index in [0.717, 1.165) is 27.9 Å². The lowest BCUT2D eigenvalue weighted by Crippen LogP contribution is -2.56. The molecule has 0 spiro atoms. The molecule has 13 heteroatoms. The maximum Gasteiger partial charge on any atom is 0.406 e. The Labute approximate surface area is 360 Å². The number of carbonyl (C=O) groups is 4. The number of alkyl carbamates (subject to hydrolysis) is 1. The van der Waals surface area contributed by atoms with E-state index in [9.17, 15) is 24.3 Å². The van der Waals surface area contributed by atoms with Crippen LogP contribution in [-0.4, -0.2) is 90.5 Å². The van der Waals surface area contributed by atoms with Gasteiger partial charge in [-0.1, -0.05) is 113 Å². The summed E-state index contributed by atoms with van der Waals surface area (Å²) in [5.74, 6) is -0.551. The van der Waals surface area contributed by atoms with Gasteiger partial charge in [-0.15, -0.1) is 0 Å². The largest absolute Gasteiger partial charge is 0.496 e. The number of aliphatic hydroxyl groups excluding tert-OH is 1. The van der Waals surface area contributed by atoms with Crippen LogP contribution in [0.1, 0.15) is 64.2 Å². The van der Waals surface area contributed by atoms with Crippen LogP contribution in [0.3, 0.4) is 0 Å². The summed E-state index contributed by atoms with van der Waals surface area (Å²) in [4.78, 5) is 59.9. The van der Waals surface area contributed by atoms with Gasteiger partial charge in [-0.05, 0) is 59.4 Å². The summed E-state index contributed by atoms with van der Waals surface area (Å²) in [6, 6.07) is 28.8. The van der Waals surface area contributed by atoms with Gasteiger partial charge in [0.2, 0.25) is 11.8 Å². The number of para-hydroxylation sites is 1. The van der Waals surface area contributed by atoms with Crippen LogP contribution in [0.2, 0.25) is 0 Å². The molecule has 5 rings (SSSR count). The average molecular weight is 835 g/mol. The first-order valence-corrected chi connectivity index (χ1v) is 20.9. The van der Waals surface area contributed by atoms with Crippen molar-refractivity contribution in [2.75, 3.05) is 27.3 Å². The number of nitrogens with zero attached hydrogens (tertiary/aromatic N) is 2. The van der Waals surface area contributed by atoms with Crippen LogP contribution >= 0.6 is 0 Å². The minimum absolute atomic E-state index is 0.0964. The van der Waals surface area contributed by atoms with Crippen molar-refractivity contribution in [3.63, 3.8) is 0 Å². The fraction of sp³-hybridized carbons (Fsp3) is 0.438. The number of nitrogens with one attached hydrogen (secondary N) is 4. The average Bonchev–Trinajstić information content (AvgIpc) is 3.57. The molecule has 5 amide bonds. The first-order valence-electron chi connectivity index (χ1n) is 20.9. The molecule has 5 N–H and O–H groups in total. The summed E-state index contributed by atoms with van der Waals surface area (Å²) in [6.07, 6.45) is 1.01. The molecule has 1 aliphatic heterocycles. The number of hydrogen-bond acceptors (Lipinski definition) is 8. The summed E-state index contributed by atoms with van der Waals surface area (Å²) in [5, 5.41) is 24.3. The quantitative estimate of drug-likeness (QED) is 0.0734. The molecule has 61 heavy (non-hydrogen) atoms. The summed E-state index contributed by atoms with van der Waals surface area (Å²) in [7, 11) is 2.88. The molecule has 4 aromatic rings. The number of aromatic nitrogens is 1. The van der Waals surface area contributed by atoms with Crippen LogP contribution in [0.15, 0.2) is 103 Å². The number of hydrogen-bond donors (Lipinski definition) is 5. The highest BCUT2D eigenvalue weighted by molar-refractivity contribution is 5.84. The molecular formula is C48H62N6O7.